The van der Waals surface area contributed by atoms with Crippen molar-refractivity contribution in [1.29, 1.82) is 0 Å². The summed E-state index contributed by atoms with van der Waals surface area (Å²) in [7, 11) is 1.90. The Morgan fingerprint density at radius 3 is 2.47 bits per heavy atom. The summed E-state index contributed by atoms with van der Waals surface area (Å²) in [6.45, 7) is 10.1. The van der Waals surface area contributed by atoms with Crippen LogP contribution in [0.2, 0.25) is 0 Å². The van der Waals surface area contributed by atoms with Crippen LogP contribution in [0.1, 0.15) is 69.7 Å². The molecule has 45 heavy (non-hydrogen) atoms. The zero-order chi connectivity index (χ0) is 31.7. The molecule has 11 nitrogen and oxygen atoms in total. The number of aliphatic hydroxyl groups is 1. The second kappa shape index (κ2) is 13.3. The maximum absolute atomic E-state index is 14.0. The van der Waals surface area contributed by atoms with Gasteiger partial charge in [-0.15, -0.1) is 0 Å². The predicted molar refractivity (Wildman–Crippen MR) is 171 cm³/mol. The fraction of sp³-hybridized carbons (Fsp3) is 0.588. The van der Waals surface area contributed by atoms with Gasteiger partial charge in [0.05, 0.1) is 17.8 Å². The van der Waals surface area contributed by atoms with Crippen molar-refractivity contribution in [3.63, 3.8) is 0 Å². The van der Waals surface area contributed by atoms with Gasteiger partial charge < -0.3 is 30.1 Å². The minimum Gasteiger partial charge on any atom is -0.391 e. The fourth-order valence-electron chi connectivity index (χ4n) is 7.28. The van der Waals surface area contributed by atoms with E-state index in [-0.39, 0.29) is 36.7 Å². The summed E-state index contributed by atoms with van der Waals surface area (Å²) >= 11 is 0. The molecule has 3 aliphatic heterocycles. The Bertz CT molecular complexity index is 1460. The fourth-order valence-corrected chi connectivity index (χ4v) is 7.28. The number of β-amino-alcohol motifs (C(OH)–C–C–N with tert-alkyl or cyclic N) is 1. The van der Waals surface area contributed by atoms with Crippen LogP contribution in [-0.4, -0.2) is 81.6 Å². The van der Waals surface area contributed by atoms with E-state index in [0.29, 0.717) is 11.7 Å². The number of nitrogens with zero attached hydrogens (tertiary/aromatic N) is 5. The quantitative estimate of drug-likeness (QED) is 0.316. The molecular formula is C34H47N7O4. The van der Waals surface area contributed by atoms with E-state index in [0.717, 1.165) is 54.7 Å². The largest absolute Gasteiger partial charge is 0.391 e. The first-order valence-corrected chi connectivity index (χ1v) is 16.5. The lowest BCUT2D eigenvalue weighted by molar-refractivity contribution is -0.141. The number of amides is 2. The van der Waals surface area contributed by atoms with Crippen molar-refractivity contribution in [3.05, 3.63) is 53.9 Å². The van der Waals surface area contributed by atoms with Crippen LogP contribution in [0.4, 0.5) is 5.82 Å². The van der Waals surface area contributed by atoms with Crippen LogP contribution < -0.4 is 15.5 Å². The van der Waals surface area contributed by atoms with Crippen LogP contribution >= 0.6 is 0 Å². The van der Waals surface area contributed by atoms with Crippen molar-refractivity contribution >= 4 is 17.6 Å². The minimum absolute atomic E-state index is 0.0827. The van der Waals surface area contributed by atoms with E-state index in [1.54, 1.807) is 6.20 Å². The molecule has 2 amide bonds. The number of aliphatic hydroxyl groups excluding tert-OH is 1. The van der Waals surface area contributed by atoms with E-state index in [1.807, 2.05) is 68.9 Å². The molecule has 0 saturated carbocycles. The van der Waals surface area contributed by atoms with Crippen molar-refractivity contribution in [1.82, 2.24) is 30.5 Å². The van der Waals surface area contributed by atoms with E-state index in [2.05, 4.69) is 25.8 Å². The topological polar surface area (TPSA) is 129 Å². The van der Waals surface area contributed by atoms with Gasteiger partial charge in [-0.2, -0.15) is 5.10 Å². The third kappa shape index (κ3) is 6.79. The summed E-state index contributed by atoms with van der Waals surface area (Å²) in [4.78, 5) is 31.3. The SMILES string of the molecule is CC(C)[C@@H](C(=O)N1C[C@H](O)C[C@H]1C(=O)N[C@@H](C)c1ccc(-c2ccnn2C)cc1)c1cc(N2CC(CC3CCNCC3)C2)no1. The molecule has 3 aromatic rings. The first-order valence-electron chi connectivity index (χ1n) is 16.5. The zero-order valence-electron chi connectivity index (χ0n) is 26.9. The predicted octanol–water partition coefficient (Wildman–Crippen LogP) is 3.48. The molecule has 0 spiro atoms. The maximum Gasteiger partial charge on any atom is 0.243 e. The highest BCUT2D eigenvalue weighted by molar-refractivity contribution is 5.91. The molecule has 0 bridgehead atoms. The minimum atomic E-state index is -0.769. The molecule has 3 saturated heterocycles. The molecular weight excluding hydrogens is 570 g/mol. The van der Waals surface area contributed by atoms with E-state index in [4.69, 9.17) is 4.52 Å². The van der Waals surface area contributed by atoms with Gasteiger partial charge in [-0.1, -0.05) is 43.3 Å². The molecule has 242 valence electrons. The van der Waals surface area contributed by atoms with Gasteiger partial charge in [-0.05, 0) is 74.2 Å². The third-order valence-electron chi connectivity index (χ3n) is 9.91. The molecule has 3 N–H and O–H groups in total. The number of likely N-dealkylation sites (tertiary alicyclic amines) is 1. The summed E-state index contributed by atoms with van der Waals surface area (Å²) in [6.07, 6.45) is 4.96. The van der Waals surface area contributed by atoms with Crippen LogP contribution in [0.3, 0.4) is 0 Å². The number of aromatic nitrogens is 3. The Morgan fingerprint density at radius 1 is 1.07 bits per heavy atom. The number of anilines is 1. The lowest BCUT2D eigenvalue weighted by Crippen LogP contribution is -2.48. The number of carbonyl (C=O) groups excluding carboxylic acids is 2. The van der Waals surface area contributed by atoms with Crippen LogP contribution in [0.5, 0.6) is 0 Å². The average molecular weight is 618 g/mol. The first-order chi connectivity index (χ1) is 21.7. The van der Waals surface area contributed by atoms with E-state index >= 15 is 0 Å². The highest BCUT2D eigenvalue weighted by atomic mass is 16.5. The molecule has 3 fully saturated rings. The number of carbonyl (C=O) groups is 2. The van der Waals surface area contributed by atoms with Crippen molar-refractivity contribution in [2.75, 3.05) is 37.6 Å². The monoisotopic (exact) mass is 617 g/mol. The second-order valence-corrected chi connectivity index (χ2v) is 13.6. The van der Waals surface area contributed by atoms with Crippen LogP contribution in [0.15, 0.2) is 47.1 Å². The van der Waals surface area contributed by atoms with Crippen LogP contribution in [-0.2, 0) is 16.6 Å². The van der Waals surface area contributed by atoms with Gasteiger partial charge in [0.25, 0.3) is 0 Å². The van der Waals surface area contributed by atoms with Gasteiger partial charge in [0.1, 0.15) is 12.0 Å². The van der Waals surface area contributed by atoms with Gasteiger partial charge in [-0.25, -0.2) is 0 Å². The number of hydrogen-bond acceptors (Lipinski definition) is 8. The number of aryl methyl sites for hydroxylation is 1. The van der Waals surface area contributed by atoms with Gasteiger partial charge in [0.2, 0.25) is 11.8 Å². The number of piperidine rings is 1. The zero-order valence-corrected chi connectivity index (χ0v) is 26.9. The van der Waals surface area contributed by atoms with Gasteiger partial charge in [0, 0.05) is 45.4 Å². The van der Waals surface area contributed by atoms with Crippen molar-refractivity contribution in [2.45, 2.75) is 70.6 Å². The van der Waals surface area contributed by atoms with E-state index < -0.39 is 18.1 Å². The summed E-state index contributed by atoms with van der Waals surface area (Å²) in [5, 5.41) is 25.7. The molecule has 1 aromatic carbocycles. The van der Waals surface area contributed by atoms with Gasteiger partial charge in [0.15, 0.2) is 11.6 Å². The molecule has 5 heterocycles. The average Bonchev–Trinajstić information content (AvgIpc) is 3.75. The van der Waals surface area contributed by atoms with E-state index in [9.17, 15) is 14.7 Å². The third-order valence-corrected chi connectivity index (χ3v) is 9.91. The standard InChI is InChI=1S/C34H47N7O4/c1-21(2)32(30-17-31(38-45-30)40-18-24(19-40)15-23-9-12-35-13-10-23)34(44)41-20-27(42)16-29(41)33(43)37-22(3)25-5-7-26(8-6-25)28-11-14-36-39(28)4/h5-8,11,14,17,21-24,27,29,32,35,42H,9-10,12-13,15-16,18-20H2,1-4H3,(H,37,43)/t22-,27+,29-,32+/m0/s1. The Labute approximate surface area is 265 Å². The lowest BCUT2D eigenvalue weighted by Gasteiger charge is -2.41. The summed E-state index contributed by atoms with van der Waals surface area (Å²) in [5.41, 5.74) is 2.99. The molecule has 2 aromatic heterocycles. The highest BCUT2D eigenvalue weighted by Gasteiger charge is 2.44. The summed E-state index contributed by atoms with van der Waals surface area (Å²) in [6, 6.07) is 10.8. The number of hydrogen-bond donors (Lipinski definition) is 3. The Balaban J connectivity index is 1.08. The smallest absolute Gasteiger partial charge is 0.243 e. The Hall–Kier alpha value is -3.70. The Morgan fingerprint density at radius 2 is 1.80 bits per heavy atom. The first kappa shape index (κ1) is 31.3. The summed E-state index contributed by atoms with van der Waals surface area (Å²) < 4.78 is 7.60. The number of rotatable bonds is 10. The molecule has 0 aliphatic carbocycles. The number of benzene rings is 1. The normalized spacial score (nSPS) is 22.4. The molecule has 4 atom stereocenters. The molecule has 11 heteroatoms. The molecule has 0 unspecified atom stereocenters. The molecule has 0 radical (unpaired) electrons. The van der Waals surface area contributed by atoms with Crippen molar-refractivity contribution in [2.24, 2.45) is 24.8 Å². The van der Waals surface area contributed by atoms with E-state index in [1.165, 1.54) is 24.2 Å². The van der Waals surface area contributed by atoms with Crippen molar-refractivity contribution in [3.8, 4) is 11.3 Å². The van der Waals surface area contributed by atoms with Gasteiger partial charge >= 0.3 is 0 Å². The molecule has 3 aliphatic rings. The summed E-state index contributed by atoms with van der Waals surface area (Å²) in [5.74, 6) is 1.57. The van der Waals surface area contributed by atoms with Gasteiger partial charge in [-0.3, -0.25) is 14.3 Å². The highest BCUT2D eigenvalue weighted by Crippen LogP contribution is 2.36. The second-order valence-electron chi connectivity index (χ2n) is 13.6. The van der Waals surface area contributed by atoms with Crippen LogP contribution in [0, 0.1) is 17.8 Å². The van der Waals surface area contributed by atoms with Crippen molar-refractivity contribution < 1.29 is 19.2 Å². The Kier molecular flexibility index (Phi) is 9.28. The maximum atomic E-state index is 14.0. The number of nitrogens with one attached hydrogen (secondary N) is 2. The lowest BCUT2D eigenvalue weighted by atomic mass is 9.84. The van der Waals surface area contributed by atoms with Crippen LogP contribution in [0.25, 0.3) is 11.3 Å². The molecule has 6 rings (SSSR count).